The number of carbonyl (C=O) groups is 2. The standard InChI is InChI=1S/C16H12Cl2N2O6/c1-8(26-16(23)11-4-2-9(17)6-14(11)21)15(22)19-13-7-10(20(24)25)3-5-12(13)18/h2-8,21H,1H3,(H,19,22). The number of nitrogens with one attached hydrogen (secondary N) is 1. The van der Waals surface area contributed by atoms with E-state index >= 15 is 0 Å². The highest BCUT2D eigenvalue weighted by Gasteiger charge is 2.22. The van der Waals surface area contributed by atoms with Gasteiger partial charge in [0, 0.05) is 17.2 Å². The van der Waals surface area contributed by atoms with Gasteiger partial charge in [-0.25, -0.2) is 4.79 Å². The monoisotopic (exact) mass is 398 g/mol. The number of hydrogen-bond acceptors (Lipinski definition) is 6. The molecule has 0 fully saturated rings. The second-order valence-electron chi connectivity index (χ2n) is 5.12. The number of rotatable bonds is 5. The first-order chi connectivity index (χ1) is 12.2. The maximum Gasteiger partial charge on any atom is 0.342 e. The Hall–Kier alpha value is -2.84. The van der Waals surface area contributed by atoms with Crippen molar-refractivity contribution in [2.75, 3.05) is 5.32 Å². The number of nitro groups is 1. The van der Waals surface area contributed by atoms with E-state index in [4.69, 9.17) is 27.9 Å². The zero-order valence-electron chi connectivity index (χ0n) is 13.2. The van der Waals surface area contributed by atoms with Crippen molar-refractivity contribution in [3.63, 3.8) is 0 Å². The molecular formula is C16H12Cl2N2O6. The Morgan fingerprint density at radius 3 is 2.54 bits per heavy atom. The zero-order chi connectivity index (χ0) is 19.4. The van der Waals surface area contributed by atoms with E-state index in [2.05, 4.69) is 5.32 Å². The van der Waals surface area contributed by atoms with Crippen LogP contribution in [0.5, 0.6) is 5.75 Å². The number of hydrogen-bond donors (Lipinski definition) is 2. The van der Waals surface area contributed by atoms with Crippen LogP contribution < -0.4 is 5.32 Å². The van der Waals surface area contributed by atoms with E-state index in [0.29, 0.717) is 0 Å². The van der Waals surface area contributed by atoms with Crippen LogP contribution in [0.3, 0.4) is 0 Å². The summed E-state index contributed by atoms with van der Waals surface area (Å²) in [6.45, 7) is 1.30. The lowest BCUT2D eigenvalue weighted by atomic mass is 10.2. The van der Waals surface area contributed by atoms with Gasteiger partial charge in [0.25, 0.3) is 11.6 Å². The Balaban J connectivity index is 2.09. The number of carbonyl (C=O) groups excluding carboxylic acids is 2. The summed E-state index contributed by atoms with van der Waals surface area (Å²) in [6, 6.07) is 7.32. The lowest BCUT2D eigenvalue weighted by molar-refractivity contribution is -0.384. The Morgan fingerprint density at radius 1 is 1.23 bits per heavy atom. The number of amides is 1. The van der Waals surface area contributed by atoms with E-state index in [9.17, 15) is 24.8 Å². The number of phenols is 1. The van der Waals surface area contributed by atoms with Gasteiger partial charge < -0.3 is 15.2 Å². The normalized spacial score (nSPS) is 11.5. The smallest absolute Gasteiger partial charge is 0.342 e. The SMILES string of the molecule is CC(OC(=O)c1ccc(Cl)cc1O)C(=O)Nc1cc([N+](=O)[O-])ccc1Cl. The molecule has 26 heavy (non-hydrogen) atoms. The third-order valence-electron chi connectivity index (χ3n) is 3.25. The summed E-state index contributed by atoms with van der Waals surface area (Å²) in [5, 5.41) is 23.1. The second kappa shape index (κ2) is 8.03. The molecular weight excluding hydrogens is 387 g/mol. The molecule has 0 spiro atoms. The molecule has 0 bridgehead atoms. The van der Waals surface area contributed by atoms with E-state index in [1.54, 1.807) is 0 Å². The number of aromatic hydroxyl groups is 1. The number of anilines is 1. The van der Waals surface area contributed by atoms with Crippen molar-refractivity contribution in [2.45, 2.75) is 13.0 Å². The predicted octanol–water partition coefficient (Wildman–Crippen LogP) is 3.79. The zero-order valence-corrected chi connectivity index (χ0v) is 14.7. The Labute approximate surface area is 157 Å². The van der Waals surface area contributed by atoms with Crippen molar-refractivity contribution in [2.24, 2.45) is 0 Å². The quantitative estimate of drug-likeness (QED) is 0.449. The Bertz CT molecular complexity index is 887. The lowest BCUT2D eigenvalue weighted by Gasteiger charge is -2.14. The van der Waals surface area contributed by atoms with Crippen LogP contribution in [-0.2, 0) is 9.53 Å². The maximum atomic E-state index is 12.2. The highest BCUT2D eigenvalue weighted by atomic mass is 35.5. The summed E-state index contributed by atoms with van der Waals surface area (Å²) in [5.74, 6) is -2.09. The molecule has 8 nitrogen and oxygen atoms in total. The van der Waals surface area contributed by atoms with Crippen molar-refractivity contribution in [3.8, 4) is 5.75 Å². The number of halogens is 2. The molecule has 1 unspecified atom stereocenters. The van der Waals surface area contributed by atoms with E-state index in [-0.39, 0.29) is 27.0 Å². The third kappa shape index (κ3) is 4.62. The van der Waals surface area contributed by atoms with Crippen LogP contribution in [0.15, 0.2) is 36.4 Å². The van der Waals surface area contributed by atoms with Gasteiger partial charge in [-0.05, 0) is 31.2 Å². The van der Waals surface area contributed by atoms with Crippen LogP contribution >= 0.6 is 23.2 Å². The fourth-order valence-electron chi connectivity index (χ4n) is 1.91. The molecule has 0 saturated heterocycles. The third-order valence-corrected chi connectivity index (χ3v) is 3.82. The van der Waals surface area contributed by atoms with Crippen molar-refractivity contribution >= 4 is 46.5 Å². The molecule has 0 aliphatic heterocycles. The van der Waals surface area contributed by atoms with Gasteiger partial charge in [0.05, 0.1) is 15.6 Å². The molecule has 0 aliphatic rings. The molecule has 0 aromatic heterocycles. The van der Waals surface area contributed by atoms with E-state index in [1.807, 2.05) is 0 Å². The van der Waals surface area contributed by atoms with Gasteiger partial charge in [0.15, 0.2) is 6.10 Å². The summed E-state index contributed by atoms with van der Waals surface area (Å²) in [6.07, 6.45) is -1.26. The molecule has 1 amide bonds. The number of ether oxygens (including phenoxy) is 1. The number of esters is 1. The summed E-state index contributed by atoms with van der Waals surface area (Å²) >= 11 is 11.6. The van der Waals surface area contributed by atoms with Gasteiger partial charge >= 0.3 is 5.97 Å². The first kappa shape index (κ1) is 19.5. The fourth-order valence-corrected chi connectivity index (χ4v) is 2.24. The van der Waals surface area contributed by atoms with Crippen molar-refractivity contribution in [3.05, 3.63) is 62.1 Å². The molecule has 10 heteroatoms. The molecule has 0 saturated carbocycles. The molecule has 2 aromatic rings. The number of phenolic OH excluding ortho intramolecular Hbond substituents is 1. The van der Waals surface area contributed by atoms with Crippen LogP contribution in [0.2, 0.25) is 10.0 Å². The number of nitrogens with zero attached hydrogens (tertiary/aromatic N) is 1. The van der Waals surface area contributed by atoms with E-state index in [1.165, 1.54) is 31.2 Å². The fraction of sp³-hybridized carbons (Fsp3) is 0.125. The summed E-state index contributed by atoms with van der Waals surface area (Å²) in [4.78, 5) is 34.3. The number of nitro benzene ring substituents is 1. The van der Waals surface area contributed by atoms with Gasteiger partial charge in [-0.1, -0.05) is 23.2 Å². The van der Waals surface area contributed by atoms with Gasteiger partial charge in [-0.3, -0.25) is 14.9 Å². The molecule has 1 atom stereocenters. The Morgan fingerprint density at radius 2 is 1.92 bits per heavy atom. The van der Waals surface area contributed by atoms with Crippen molar-refractivity contribution in [1.29, 1.82) is 0 Å². The van der Waals surface area contributed by atoms with Gasteiger partial charge in [-0.15, -0.1) is 0 Å². The highest BCUT2D eigenvalue weighted by Crippen LogP contribution is 2.27. The van der Waals surface area contributed by atoms with Crippen LogP contribution in [0.25, 0.3) is 0 Å². The highest BCUT2D eigenvalue weighted by molar-refractivity contribution is 6.33. The topological polar surface area (TPSA) is 119 Å². The molecule has 0 heterocycles. The largest absolute Gasteiger partial charge is 0.507 e. The van der Waals surface area contributed by atoms with Crippen LogP contribution in [0, 0.1) is 10.1 Å². The molecule has 0 aliphatic carbocycles. The van der Waals surface area contributed by atoms with E-state index < -0.39 is 28.7 Å². The van der Waals surface area contributed by atoms with Gasteiger partial charge in [-0.2, -0.15) is 0 Å². The van der Waals surface area contributed by atoms with Crippen LogP contribution in [0.1, 0.15) is 17.3 Å². The first-order valence-corrected chi connectivity index (χ1v) is 7.89. The Kier molecular flexibility index (Phi) is 6.01. The molecule has 0 radical (unpaired) electrons. The van der Waals surface area contributed by atoms with Gasteiger partial charge in [0.1, 0.15) is 11.3 Å². The maximum absolute atomic E-state index is 12.2. The summed E-state index contributed by atoms with van der Waals surface area (Å²) in [7, 11) is 0. The number of benzene rings is 2. The average molecular weight is 399 g/mol. The van der Waals surface area contributed by atoms with Crippen LogP contribution in [0.4, 0.5) is 11.4 Å². The predicted molar refractivity (Wildman–Crippen MR) is 94.7 cm³/mol. The first-order valence-electron chi connectivity index (χ1n) is 7.13. The molecule has 2 aromatic carbocycles. The minimum atomic E-state index is -1.26. The van der Waals surface area contributed by atoms with Crippen molar-refractivity contribution in [1.82, 2.24) is 0 Å². The average Bonchev–Trinajstić information content (AvgIpc) is 2.56. The van der Waals surface area contributed by atoms with Crippen molar-refractivity contribution < 1.29 is 24.4 Å². The molecule has 136 valence electrons. The minimum absolute atomic E-state index is 0.00288. The van der Waals surface area contributed by atoms with Gasteiger partial charge in [0.2, 0.25) is 0 Å². The second-order valence-corrected chi connectivity index (χ2v) is 5.96. The minimum Gasteiger partial charge on any atom is -0.507 e. The van der Waals surface area contributed by atoms with Crippen LogP contribution in [-0.4, -0.2) is 28.0 Å². The summed E-state index contributed by atoms with van der Waals surface area (Å²) in [5.41, 5.74) is -0.425. The molecule has 2 N–H and O–H groups in total. The summed E-state index contributed by atoms with van der Waals surface area (Å²) < 4.78 is 4.98. The number of non-ortho nitro benzene ring substituents is 1. The van der Waals surface area contributed by atoms with E-state index in [0.717, 1.165) is 12.1 Å². The lowest BCUT2D eigenvalue weighted by Crippen LogP contribution is -2.30. The molecule has 2 rings (SSSR count).